The average molecular weight is 190 g/mol. The van der Waals surface area contributed by atoms with Crippen molar-refractivity contribution in [2.75, 3.05) is 0 Å². The van der Waals surface area contributed by atoms with Gasteiger partial charge in [-0.25, -0.2) is 4.79 Å². The van der Waals surface area contributed by atoms with Crippen LogP contribution in [0.5, 0.6) is 0 Å². The number of benzene rings is 1. The first kappa shape index (κ1) is 10.3. The van der Waals surface area contributed by atoms with E-state index >= 15 is 0 Å². The minimum Gasteiger partial charge on any atom is -0.478 e. The maximum atomic E-state index is 10.5. The molecule has 0 bridgehead atoms. The van der Waals surface area contributed by atoms with E-state index in [1.807, 2.05) is 0 Å². The lowest BCUT2D eigenvalue weighted by molar-refractivity contribution is 0.0696. The van der Waals surface area contributed by atoms with E-state index in [-0.39, 0.29) is 5.56 Å². The molecule has 0 heterocycles. The minimum absolute atomic E-state index is 0.168. The number of rotatable bonds is 2. The molecule has 0 spiro atoms. The molecule has 0 aromatic heterocycles. The van der Waals surface area contributed by atoms with Crippen molar-refractivity contribution in [2.45, 2.75) is 12.5 Å². The number of aliphatic hydroxyl groups is 1. The smallest absolute Gasteiger partial charge is 0.335 e. The summed E-state index contributed by atoms with van der Waals surface area (Å²) in [4.78, 5) is 10.5. The quantitative estimate of drug-likeness (QED) is 0.689. The molecule has 0 amide bonds. The van der Waals surface area contributed by atoms with E-state index in [4.69, 9.17) is 11.5 Å². The molecular formula is C11H10O3. The Bertz CT molecular complexity index is 382. The lowest BCUT2D eigenvalue weighted by atomic mass is 9.96. The number of carbonyl (C=O) groups is 1. The zero-order valence-corrected chi connectivity index (χ0v) is 7.69. The number of terminal acetylenes is 1. The van der Waals surface area contributed by atoms with E-state index in [0.717, 1.165) is 0 Å². The molecule has 0 aliphatic rings. The largest absolute Gasteiger partial charge is 0.478 e. The molecule has 2 N–H and O–H groups in total. The predicted octanol–water partition coefficient (Wildman–Crippen LogP) is 1.23. The Morgan fingerprint density at radius 3 is 2.29 bits per heavy atom. The van der Waals surface area contributed by atoms with Gasteiger partial charge >= 0.3 is 5.97 Å². The first-order valence-corrected chi connectivity index (χ1v) is 4.01. The standard InChI is InChI=1S/C11H10O3/c1-3-11(2,14)9-6-4-8(5-7-9)10(12)13/h1,4-7,14H,2H3,(H,12,13). The second-order valence-electron chi connectivity index (χ2n) is 3.10. The van der Waals surface area contributed by atoms with Crippen LogP contribution in [-0.2, 0) is 5.60 Å². The van der Waals surface area contributed by atoms with Crippen LogP contribution in [0, 0.1) is 12.3 Å². The Hall–Kier alpha value is -1.79. The summed E-state index contributed by atoms with van der Waals surface area (Å²) >= 11 is 0. The van der Waals surface area contributed by atoms with Gasteiger partial charge in [-0.2, -0.15) is 0 Å². The Morgan fingerprint density at radius 1 is 1.43 bits per heavy atom. The van der Waals surface area contributed by atoms with Crippen LogP contribution in [0.1, 0.15) is 22.8 Å². The summed E-state index contributed by atoms with van der Waals surface area (Å²) in [6.07, 6.45) is 5.12. The number of carboxylic acid groups (broad SMARTS) is 1. The second kappa shape index (κ2) is 3.52. The SMILES string of the molecule is C#CC(C)(O)c1ccc(C(=O)O)cc1. The highest BCUT2D eigenvalue weighted by Gasteiger charge is 2.19. The summed E-state index contributed by atoms with van der Waals surface area (Å²) in [6, 6.07) is 5.82. The Morgan fingerprint density at radius 2 is 1.93 bits per heavy atom. The summed E-state index contributed by atoms with van der Waals surface area (Å²) in [5.74, 6) is 1.21. The highest BCUT2D eigenvalue weighted by molar-refractivity contribution is 5.87. The van der Waals surface area contributed by atoms with E-state index < -0.39 is 11.6 Å². The third-order valence-electron chi connectivity index (χ3n) is 1.98. The van der Waals surface area contributed by atoms with Gasteiger partial charge in [0.15, 0.2) is 0 Å². The first-order chi connectivity index (χ1) is 6.47. The van der Waals surface area contributed by atoms with Gasteiger partial charge in [0.1, 0.15) is 5.60 Å². The molecule has 0 saturated carbocycles. The van der Waals surface area contributed by atoms with Gasteiger partial charge in [-0.3, -0.25) is 0 Å². The fraction of sp³-hybridized carbons (Fsp3) is 0.182. The molecule has 1 unspecified atom stereocenters. The van der Waals surface area contributed by atoms with Crippen LogP contribution < -0.4 is 0 Å². The Labute approximate surface area is 82.0 Å². The molecule has 3 heteroatoms. The predicted molar refractivity (Wildman–Crippen MR) is 51.8 cm³/mol. The maximum Gasteiger partial charge on any atom is 0.335 e. The maximum absolute atomic E-state index is 10.5. The van der Waals surface area contributed by atoms with Gasteiger partial charge in [0.25, 0.3) is 0 Å². The van der Waals surface area contributed by atoms with Crippen molar-refractivity contribution < 1.29 is 15.0 Å². The van der Waals surface area contributed by atoms with E-state index in [1.54, 1.807) is 0 Å². The third kappa shape index (κ3) is 1.93. The minimum atomic E-state index is -1.35. The molecule has 0 fully saturated rings. The normalized spacial score (nSPS) is 14.1. The van der Waals surface area contributed by atoms with Crippen LogP contribution in [-0.4, -0.2) is 16.2 Å². The number of hydrogen-bond acceptors (Lipinski definition) is 2. The zero-order valence-electron chi connectivity index (χ0n) is 7.69. The van der Waals surface area contributed by atoms with Crippen molar-refractivity contribution in [3.8, 4) is 12.3 Å². The molecule has 1 rings (SSSR count). The van der Waals surface area contributed by atoms with E-state index in [2.05, 4.69) is 5.92 Å². The number of hydrogen-bond donors (Lipinski definition) is 2. The lowest BCUT2D eigenvalue weighted by Gasteiger charge is -2.16. The van der Waals surface area contributed by atoms with Crippen LogP contribution in [0.4, 0.5) is 0 Å². The van der Waals surface area contributed by atoms with Gasteiger partial charge in [0.2, 0.25) is 0 Å². The monoisotopic (exact) mass is 190 g/mol. The van der Waals surface area contributed by atoms with Crippen LogP contribution in [0.2, 0.25) is 0 Å². The molecule has 0 saturated heterocycles. The summed E-state index contributed by atoms with van der Waals surface area (Å²) in [5.41, 5.74) is -0.677. The van der Waals surface area contributed by atoms with E-state index in [9.17, 15) is 9.90 Å². The summed E-state index contributed by atoms with van der Waals surface area (Å²) in [5, 5.41) is 18.3. The third-order valence-corrected chi connectivity index (χ3v) is 1.98. The van der Waals surface area contributed by atoms with Crippen molar-refractivity contribution in [2.24, 2.45) is 0 Å². The van der Waals surface area contributed by atoms with Crippen LogP contribution in [0.15, 0.2) is 24.3 Å². The molecule has 0 aliphatic heterocycles. The summed E-state index contributed by atoms with van der Waals surface area (Å²) in [7, 11) is 0. The van der Waals surface area contributed by atoms with E-state index in [0.29, 0.717) is 5.56 Å². The van der Waals surface area contributed by atoms with Gasteiger partial charge in [-0.05, 0) is 24.6 Å². The molecule has 0 aliphatic carbocycles. The number of aromatic carboxylic acids is 1. The van der Waals surface area contributed by atoms with Crippen molar-refractivity contribution in [1.29, 1.82) is 0 Å². The fourth-order valence-electron chi connectivity index (χ4n) is 1.02. The fourth-order valence-corrected chi connectivity index (χ4v) is 1.02. The van der Waals surface area contributed by atoms with Crippen LogP contribution in [0.3, 0.4) is 0 Å². The second-order valence-corrected chi connectivity index (χ2v) is 3.10. The molecule has 72 valence electrons. The molecule has 0 radical (unpaired) electrons. The zero-order chi connectivity index (χ0) is 10.8. The van der Waals surface area contributed by atoms with Gasteiger partial charge < -0.3 is 10.2 Å². The Kier molecular flexibility index (Phi) is 2.59. The van der Waals surface area contributed by atoms with Gasteiger partial charge in [-0.1, -0.05) is 18.1 Å². The molecule has 3 nitrogen and oxygen atoms in total. The van der Waals surface area contributed by atoms with Crippen LogP contribution in [0.25, 0.3) is 0 Å². The summed E-state index contributed by atoms with van der Waals surface area (Å²) < 4.78 is 0. The van der Waals surface area contributed by atoms with Crippen molar-refractivity contribution in [3.63, 3.8) is 0 Å². The molecule has 1 aromatic carbocycles. The van der Waals surface area contributed by atoms with Crippen molar-refractivity contribution in [1.82, 2.24) is 0 Å². The Balaban J connectivity index is 3.07. The summed E-state index contributed by atoms with van der Waals surface area (Å²) in [6.45, 7) is 1.47. The molecule has 1 atom stereocenters. The van der Waals surface area contributed by atoms with Crippen LogP contribution >= 0.6 is 0 Å². The molecular weight excluding hydrogens is 180 g/mol. The highest BCUT2D eigenvalue weighted by atomic mass is 16.4. The first-order valence-electron chi connectivity index (χ1n) is 4.01. The molecule has 1 aromatic rings. The van der Waals surface area contributed by atoms with Crippen molar-refractivity contribution in [3.05, 3.63) is 35.4 Å². The topological polar surface area (TPSA) is 57.5 Å². The highest BCUT2D eigenvalue weighted by Crippen LogP contribution is 2.19. The average Bonchev–Trinajstić information content (AvgIpc) is 2.18. The number of carboxylic acids is 1. The lowest BCUT2D eigenvalue weighted by Crippen LogP contribution is -2.18. The van der Waals surface area contributed by atoms with Crippen molar-refractivity contribution >= 4 is 5.97 Å². The van der Waals surface area contributed by atoms with Gasteiger partial charge in [0.05, 0.1) is 5.56 Å². The van der Waals surface area contributed by atoms with Gasteiger partial charge in [0, 0.05) is 0 Å². The van der Waals surface area contributed by atoms with Gasteiger partial charge in [-0.15, -0.1) is 6.42 Å². The van der Waals surface area contributed by atoms with E-state index in [1.165, 1.54) is 31.2 Å². The molecule has 14 heavy (non-hydrogen) atoms.